The van der Waals surface area contributed by atoms with E-state index in [1.807, 2.05) is 49.4 Å². The fraction of sp³-hybridized carbons (Fsp3) is 0.294. The Hall–Kier alpha value is -1.80. The van der Waals surface area contributed by atoms with Gasteiger partial charge in [0.05, 0.1) is 6.61 Å². The van der Waals surface area contributed by atoms with Crippen molar-refractivity contribution in [2.24, 2.45) is 0 Å². The minimum atomic E-state index is -0.600. The van der Waals surface area contributed by atoms with E-state index in [-0.39, 0.29) is 0 Å². The van der Waals surface area contributed by atoms with E-state index in [2.05, 4.69) is 13.0 Å². The zero-order valence-electron chi connectivity index (χ0n) is 11.5. The highest BCUT2D eigenvalue weighted by atomic mass is 16.5. The molecule has 19 heavy (non-hydrogen) atoms. The van der Waals surface area contributed by atoms with Crippen LogP contribution in [0.15, 0.2) is 48.5 Å². The van der Waals surface area contributed by atoms with Crippen molar-refractivity contribution in [2.45, 2.75) is 26.4 Å². The number of ether oxygens (including phenoxy) is 1. The Morgan fingerprint density at radius 1 is 1.05 bits per heavy atom. The minimum Gasteiger partial charge on any atom is -0.494 e. The average Bonchev–Trinajstić information content (AvgIpc) is 2.47. The number of benzene rings is 2. The quantitative estimate of drug-likeness (QED) is 0.883. The molecular weight excluding hydrogens is 236 g/mol. The maximum absolute atomic E-state index is 10.5. The van der Waals surface area contributed by atoms with E-state index in [0.717, 1.165) is 23.3 Å². The molecule has 2 heteroatoms. The van der Waals surface area contributed by atoms with Crippen LogP contribution in [0.1, 0.15) is 36.6 Å². The van der Waals surface area contributed by atoms with E-state index in [1.165, 1.54) is 5.56 Å². The lowest BCUT2D eigenvalue weighted by molar-refractivity contribution is 0.218. The van der Waals surface area contributed by atoms with Crippen LogP contribution in [0.4, 0.5) is 0 Å². The van der Waals surface area contributed by atoms with Crippen LogP contribution in [-0.4, -0.2) is 11.7 Å². The lowest BCUT2D eigenvalue weighted by atomic mass is 9.95. The maximum Gasteiger partial charge on any atom is 0.119 e. The molecule has 1 unspecified atom stereocenters. The Morgan fingerprint density at radius 2 is 1.84 bits per heavy atom. The van der Waals surface area contributed by atoms with Crippen LogP contribution in [0.25, 0.3) is 0 Å². The van der Waals surface area contributed by atoms with Crippen molar-refractivity contribution in [3.63, 3.8) is 0 Å². The fourth-order valence-electron chi connectivity index (χ4n) is 2.24. The van der Waals surface area contributed by atoms with E-state index in [1.54, 1.807) is 0 Å². The van der Waals surface area contributed by atoms with Crippen molar-refractivity contribution in [3.8, 4) is 5.75 Å². The molecule has 2 aromatic carbocycles. The molecule has 100 valence electrons. The molecular formula is C17H20O2. The molecule has 0 fully saturated rings. The molecule has 1 atom stereocenters. The largest absolute Gasteiger partial charge is 0.494 e. The Labute approximate surface area is 114 Å². The summed E-state index contributed by atoms with van der Waals surface area (Å²) < 4.78 is 5.48. The lowest BCUT2D eigenvalue weighted by Gasteiger charge is -2.16. The molecule has 0 aliphatic rings. The van der Waals surface area contributed by atoms with Crippen LogP contribution in [0.2, 0.25) is 0 Å². The summed E-state index contributed by atoms with van der Waals surface area (Å²) in [5.74, 6) is 0.799. The van der Waals surface area contributed by atoms with Gasteiger partial charge in [0, 0.05) is 0 Å². The van der Waals surface area contributed by atoms with Gasteiger partial charge in [0.25, 0.3) is 0 Å². The number of aliphatic hydroxyl groups excluding tert-OH is 1. The topological polar surface area (TPSA) is 29.5 Å². The molecule has 0 saturated carbocycles. The summed E-state index contributed by atoms with van der Waals surface area (Å²) in [6, 6.07) is 15.7. The van der Waals surface area contributed by atoms with Gasteiger partial charge in [-0.25, -0.2) is 0 Å². The second kappa shape index (κ2) is 6.39. The van der Waals surface area contributed by atoms with Crippen molar-refractivity contribution in [3.05, 3.63) is 65.2 Å². The van der Waals surface area contributed by atoms with Crippen molar-refractivity contribution in [2.75, 3.05) is 6.61 Å². The van der Waals surface area contributed by atoms with E-state index in [4.69, 9.17) is 4.74 Å². The summed E-state index contributed by atoms with van der Waals surface area (Å²) in [6.45, 7) is 4.68. The van der Waals surface area contributed by atoms with Crippen molar-refractivity contribution < 1.29 is 9.84 Å². The first-order valence-corrected chi connectivity index (χ1v) is 6.74. The van der Waals surface area contributed by atoms with Gasteiger partial charge in [-0.05, 0) is 42.2 Å². The first-order valence-electron chi connectivity index (χ1n) is 6.74. The molecule has 0 bridgehead atoms. The van der Waals surface area contributed by atoms with Gasteiger partial charge in [0.2, 0.25) is 0 Å². The number of aliphatic hydroxyl groups is 1. The Bertz CT molecular complexity index is 534. The maximum atomic E-state index is 10.5. The van der Waals surface area contributed by atoms with Gasteiger partial charge in [0.15, 0.2) is 0 Å². The molecule has 1 N–H and O–H groups in total. The minimum absolute atomic E-state index is 0.600. The van der Waals surface area contributed by atoms with Crippen molar-refractivity contribution in [1.82, 2.24) is 0 Å². The number of aryl methyl sites for hydroxylation is 1. The molecule has 2 nitrogen and oxygen atoms in total. The second-order valence-electron chi connectivity index (χ2n) is 4.46. The summed E-state index contributed by atoms with van der Waals surface area (Å²) in [5.41, 5.74) is 3.02. The summed E-state index contributed by atoms with van der Waals surface area (Å²) in [7, 11) is 0. The third kappa shape index (κ3) is 3.15. The molecule has 0 aliphatic heterocycles. The number of rotatable bonds is 5. The summed E-state index contributed by atoms with van der Waals surface area (Å²) >= 11 is 0. The molecule has 0 heterocycles. The standard InChI is InChI=1S/C17H20O2/c1-3-13-8-5-6-11-16(13)17(18)14-9-7-10-15(12-14)19-4-2/h5-12,17-18H,3-4H2,1-2H3. The van der Waals surface area contributed by atoms with E-state index < -0.39 is 6.10 Å². The normalized spacial score (nSPS) is 12.2. The van der Waals surface area contributed by atoms with Crippen LogP contribution in [0.3, 0.4) is 0 Å². The Balaban J connectivity index is 2.32. The van der Waals surface area contributed by atoms with Crippen LogP contribution in [-0.2, 0) is 6.42 Å². The monoisotopic (exact) mass is 256 g/mol. The van der Waals surface area contributed by atoms with Gasteiger partial charge in [-0.2, -0.15) is 0 Å². The third-order valence-electron chi connectivity index (χ3n) is 3.22. The van der Waals surface area contributed by atoms with Gasteiger partial charge < -0.3 is 9.84 Å². The summed E-state index contributed by atoms with van der Waals surface area (Å²) in [5, 5.41) is 10.5. The van der Waals surface area contributed by atoms with E-state index in [9.17, 15) is 5.11 Å². The van der Waals surface area contributed by atoms with Crippen LogP contribution < -0.4 is 4.74 Å². The SMILES string of the molecule is CCOc1cccc(C(O)c2ccccc2CC)c1. The highest BCUT2D eigenvalue weighted by molar-refractivity contribution is 5.38. The zero-order chi connectivity index (χ0) is 13.7. The van der Waals surface area contributed by atoms with Gasteiger partial charge in [-0.15, -0.1) is 0 Å². The van der Waals surface area contributed by atoms with Gasteiger partial charge in [0.1, 0.15) is 11.9 Å². The summed E-state index contributed by atoms with van der Waals surface area (Å²) in [4.78, 5) is 0. The second-order valence-corrected chi connectivity index (χ2v) is 4.46. The molecule has 0 radical (unpaired) electrons. The Kier molecular flexibility index (Phi) is 4.58. The zero-order valence-corrected chi connectivity index (χ0v) is 11.5. The first-order chi connectivity index (χ1) is 9.26. The molecule has 0 amide bonds. The third-order valence-corrected chi connectivity index (χ3v) is 3.22. The summed E-state index contributed by atoms with van der Waals surface area (Å²) in [6.07, 6.45) is 0.315. The van der Waals surface area contributed by atoms with Crippen LogP contribution >= 0.6 is 0 Å². The van der Waals surface area contributed by atoms with Crippen molar-refractivity contribution >= 4 is 0 Å². The number of hydrogen-bond acceptors (Lipinski definition) is 2. The predicted octanol–water partition coefficient (Wildman–Crippen LogP) is 3.73. The van der Waals surface area contributed by atoms with Crippen LogP contribution in [0.5, 0.6) is 5.75 Å². The van der Waals surface area contributed by atoms with E-state index >= 15 is 0 Å². The van der Waals surface area contributed by atoms with Gasteiger partial charge in [-0.1, -0.05) is 43.3 Å². The van der Waals surface area contributed by atoms with Gasteiger partial charge in [-0.3, -0.25) is 0 Å². The van der Waals surface area contributed by atoms with Gasteiger partial charge >= 0.3 is 0 Å². The molecule has 2 rings (SSSR count). The predicted molar refractivity (Wildman–Crippen MR) is 77.5 cm³/mol. The fourth-order valence-corrected chi connectivity index (χ4v) is 2.24. The highest BCUT2D eigenvalue weighted by Gasteiger charge is 2.13. The molecule has 0 aromatic heterocycles. The average molecular weight is 256 g/mol. The molecule has 0 aliphatic carbocycles. The molecule has 2 aromatic rings. The van der Waals surface area contributed by atoms with E-state index in [0.29, 0.717) is 6.61 Å². The molecule has 0 saturated heterocycles. The first kappa shape index (κ1) is 13.6. The number of hydrogen-bond donors (Lipinski definition) is 1. The Morgan fingerprint density at radius 3 is 2.58 bits per heavy atom. The van der Waals surface area contributed by atoms with Crippen molar-refractivity contribution in [1.29, 1.82) is 0 Å². The van der Waals surface area contributed by atoms with Crippen LogP contribution in [0, 0.1) is 0 Å². The lowest BCUT2D eigenvalue weighted by Crippen LogP contribution is -2.04. The molecule has 0 spiro atoms. The smallest absolute Gasteiger partial charge is 0.119 e. The highest BCUT2D eigenvalue weighted by Crippen LogP contribution is 2.27.